The molecule has 1 aliphatic rings. The molecule has 1 aromatic carbocycles. The standard InChI is InChI=1S/C19H17N5/c1-13-4-2-5-14(10-13)19-18(16-6-3-9-23(16)22-19)15-7-8-17-20-12-21-24(17)11-15/h2,4-5,7-8,10-12H,3,6,9H2,1H3. The van der Waals surface area contributed by atoms with E-state index in [0.29, 0.717) is 0 Å². The lowest BCUT2D eigenvalue weighted by molar-refractivity contribution is 0.659. The Morgan fingerprint density at radius 2 is 2.04 bits per heavy atom. The Hall–Kier alpha value is -2.95. The second-order valence-corrected chi connectivity index (χ2v) is 6.35. The van der Waals surface area contributed by atoms with Crippen LogP contribution in [0.5, 0.6) is 0 Å². The molecule has 0 unspecified atom stereocenters. The summed E-state index contributed by atoms with van der Waals surface area (Å²) in [5.41, 5.74) is 8.05. The summed E-state index contributed by atoms with van der Waals surface area (Å²) in [6, 6.07) is 12.7. The molecule has 24 heavy (non-hydrogen) atoms. The summed E-state index contributed by atoms with van der Waals surface area (Å²) in [6.45, 7) is 3.12. The van der Waals surface area contributed by atoms with Crippen molar-refractivity contribution in [1.82, 2.24) is 24.4 Å². The third kappa shape index (κ3) is 1.98. The van der Waals surface area contributed by atoms with Crippen molar-refractivity contribution in [1.29, 1.82) is 0 Å². The van der Waals surface area contributed by atoms with Crippen molar-refractivity contribution < 1.29 is 0 Å². The van der Waals surface area contributed by atoms with Crippen LogP contribution in [0.2, 0.25) is 0 Å². The molecule has 4 aromatic rings. The van der Waals surface area contributed by atoms with E-state index in [1.54, 1.807) is 6.33 Å². The van der Waals surface area contributed by atoms with E-state index in [2.05, 4.69) is 58.2 Å². The maximum absolute atomic E-state index is 4.92. The van der Waals surface area contributed by atoms with Gasteiger partial charge >= 0.3 is 0 Å². The number of aromatic nitrogens is 5. The van der Waals surface area contributed by atoms with Crippen LogP contribution in [0.4, 0.5) is 0 Å². The highest BCUT2D eigenvalue weighted by atomic mass is 15.3. The molecule has 1 aliphatic heterocycles. The molecule has 118 valence electrons. The fourth-order valence-electron chi connectivity index (χ4n) is 3.59. The highest BCUT2D eigenvalue weighted by molar-refractivity contribution is 5.83. The molecule has 0 radical (unpaired) electrons. The Bertz CT molecular complexity index is 1060. The van der Waals surface area contributed by atoms with Gasteiger partial charge in [0, 0.05) is 35.1 Å². The molecule has 5 rings (SSSR count). The third-order valence-corrected chi connectivity index (χ3v) is 4.70. The van der Waals surface area contributed by atoms with Gasteiger partial charge in [-0.05, 0) is 38.0 Å². The molecule has 0 spiro atoms. The lowest BCUT2D eigenvalue weighted by Crippen LogP contribution is -1.94. The zero-order valence-electron chi connectivity index (χ0n) is 13.5. The molecule has 0 aliphatic carbocycles. The summed E-state index contributed by atoms with van der Waals surface area (Å²) in [5.74, 6) is 0. The van der Waals surface area contributed by atoms with Gasteiger partial charge in [0.15, 0.2) is 5.65 Å². The van der Waals surface area contributed by atoms with Crippen molar-refractivity contribution in [3.8, 4) is 22.4 Å². The Kier molecular flexibility index (Phi) is 2.82. The first-order valence-electron chi connectivity index (χ1n) is 8.26. The molecule has 0 saturated carbocycles. The Morgan fingerprint density at radius 1 is 1.08 bits per heavy atom. The first kappa shape index (κ1) is 13.5. The van der Waals surface area contributed by atoms with Crippen molar-refractivity contribution >= 4 is 5.65 Å². The van der Waals surface area contributed by atoms with Crippen LogP contribution in [0.15, 0.2) is 48.9 Å². The fraction of sp³-hybridized carbons (Fsp3) is 0.211. The predicted molar refractivity (Wildman–Crippen MR) is 92.7 cm³/mol. The average Bonchev–Trinajstić information content (AvgIpc) is 3.29. The minimum atomic E-state index is 0.861. The van der Waals surface area contributed by atoms with Gasteiger partial charge in [-0.1, -0.05) is 23.8 Å². The number of hydrogen-bond donors (Lipinski definition) is 0. The van der Waals surface area contributed by atoms with Crippen LogP contribution < -0.4 is 0 Å². The number of rotatable bonds is 2. The summed E-state index contributed by atoms with van der Waals surface area (Å²) in [5, 5.41) is 9.20. The van der Waals surface area contributed by atoms with Gasteiger partial charge in [-0.3, -0.25) is 4.68 Å². The SMILES string of the molecule is Cc1cccc(-c2nn3c(c2-c2ccc4ncnn4c2)CCC3)c1. The molecule has 3 aromatic heterocycles. The van der Waals surface area contributed by atoms with Gasteiger partial charge in [-0.15, -0.1) is 0 Å². The van der Waals surface area contributed by atoms with Crippen molar-refractivity contribution in [2.24, 2.45) is 0 Å². The van der Waals surface area contributed by atoms with E-state index in [-0.39, 0.29) is 0 Å². The van der Waals surface area contributed by atoms with E-state index in [9.17, 15) is 0 Å². The lowest BCUT2D eigenvalue weighted by Gasteiger charge is -2.07. The molecule has 0 N–H and O–H groups in total. The number of fused-ring (bicyclic) bond motifs is 2. The summed E-state index contributed by atoms with van der Waals surface area (Å²) in [7, 11) is 0. The van der Waals surface area contributed by atoms with Crippen LogP contribution in [0.3, 0.4) is 0 Å². The Labute approximate surface area is 139 Å². The van der Waals surface area contributed by atoms with Gasteiger partial charge < -0.3 is 0 Å². The average molecular weight is 315 g/mol. The molecule has 0 amide bonds. The molecule has 5 heteroatoms. The van der Waals surface area contributed by atoms with Gasteiger partial charge in [0.1, 0.15) is 12.0 Å². The normalized spacial score (nSPS) is 13.5. The maximum atomic E-state index is 4.92. The molecule has 0 fully saturated rings. The van der Waals surface area contributed by atoms with Crippen molar-refractivity contribution in [3.05, 3.63) is 60.2 Å². The molecule has 4 heterocycles. The number of nitrogens with zero attached hydrogens (tertiary/aromatic N) is 5. The maximum Gasteiger partial charge on any atom is 0.155 e. The van der Waals surface area contributed by atoms with E-state index in [0.717, 1.165) is 36.3 Å². The van der Waals surface area contributed by atoms with Crippen LogP contribution in [0, 0.1) is 6.92 Å². The topological polar surface area (TPSA) is 48.0 Å². The monoisotopic (exact) mass is 315 g/mol. The van der Waals surface area contributed by atoms with Gasteiger partial charge in [0.2, 0.25) is 0 Å². The van der Waals surface area contributed by atoms with E-state index in [1.807, 2.05) is 10.6 Å². The molecule has 0 bridgehead atoms. The second-order valence-electron chi connectivity index (χ2n) is 6.35. The largest absolute Gasteiger partial charge is 0.268 e. The number of aryl methyl sites for hydroxylation is 2. The second kappa shape index (κ2) is 5.03. The van der Waals surface area contributed by atoms with E-state index >= 15 is 0 Å². The smallest absolute Gasteiger partial charge is 0.155 e. The number of hydrogen-bond acceptors (Lipinski definition) is 3. The predicted octanol–water partition coefficient (Wildman–Crippen LogP) is 3.51. The summed E-state index contributed by atoms with van der Waals surface area (Å²) >= 11 is 0. The zero-order chi connectivity index (χ0) is 16.1. The quantitative estimate of drug-likeness (QED) is 0.569. The molecule has 0 atom stereocenters. The highest BCUT2D eigenvalue weighted by Gasteiger charge is 2.24. The van der Waals surface area contributed by atoms with Crippen LogP contribution in [-0.4, -0.2) is 24.4 Å². The van der Waals surface area contributed by atoms with Crippen molar-refractivity contribution in [2.75, 3.05) is 0 Å². The molecule has 5 nitrogen and oxygen atoms in total. The van der Waals surface area contributed by atoms with Crippen molar-refractivity contribution in [2.45, 2.75) is 26.3 Å². The molecule has 0 saturated heterocycles. The molecular weight excluding hydrogens is 298 g/mol. The third-order valence-electron chi connectivity index (χ3n) is 4.70. The summed E-state index contributed by atoms with van der Waals surface area (Å²) in [4.78, 5) is 4.24. The van der Waals surface area contributed by atoms with E-state index < -0.39 is 0 Å². The summed E-state index contributed by atoms with van der Waals surface area (Å²) in [6.07, 6.45) is 5.87. The van der Waals surface area contributed by atoms with E-state index in [1.165, 1.54) is 22.4 Å². The Balaban J connectivity index is 1.77. The summed E-state index contributed by atoms with van der Waals surface area (Å²) < 4.78 is 3.99. The minimum absolute atomic E-state index is 0.861. The highest BCUT2D eigenvalue weighted by Crippen LogP contribution is 2.37. The minimum Gasteiger partial charge on any atom is -0.268 e. The Morgan fingerprint density at radius 3 is 2.96 bits per heavy atom. The van der Waals surface area contributed by atoms with Gasteiger partial charge in [0.25, 0.3) is 0 Å². The van der Waals surface area contributed by atoms with E-state index in [4.69, 9.17) is 5.10 Å². The fourth-order valence-corrected chi connectivity index (χ4v) is 3.59. The van der Waals surface area contributed by atoms with Crippen LogP contribution >= 0.6 is 0 Å². The van der Waals surface area contributed by atoms with Gasteiger partial charge in [-0.25, -0.2) is 9.50 Å². The zero-order valence-corrected chi connectivity index (χ0v) is 13.5. The van der Waals surface area contributed by atoms with Crippen molar-refractivity contribution in [3.63, 3.8) is 0 Å². The van der Waals surface area contributed by atoms with Crippen LogP contribution in [0.25, 0.3) is 28.0 Å². The number of benzene rings is 1. The first-order chi connectivity index (χ1) is 11.8. The number of pyridine rings is 1. The lowest BCUT2D eigenvalue weighted by atomic mass is 9.98. The molecular formula is C19H17N5. The van der Waals surface area contributed by atoms with Gasteiger partial charge in [0.05, 0.1) is 0 Å². The van der Waals surface area contributed by atoms with Gasteiger partial charge in [-0.2, -0.15) is 10.2 Å². The first-order valence-corrected chi connectivity index (χ1v) is 8.26. The van der Waals surface area contributed by atoms with Crippen LogP contribution in [-0.2, 0) is 13.0 Å². The van der Waals surface area contributed by atoms with Crippen LogP contribution in [0.1, 0.15) is 17.7 Å².